The lowest BCUT2D eigenvalue weighted by atomic mass is 9.92. The van der Waals surface area contributed by atoms with Crippen molar-refractivity contribution in [2.45, 2.75) is 46.1 Å². The first-order valence-electron chi connectivity index (χ1n) is 6.98. The molecule has 102 valence electrons. The highest BCUT2D eigenvalue weighted by atomic mass is 16.5. The summed E-state index contributed by atoms with van der Waals surface area (Å²) in [5.41, 5.74) is 0.444. The summed E-state index contributed by atoms with van der Waals surface area (Å²) >= 11 is 0. The highest BCUT2D eigenvalue weighted by Crippen LogP contribution is 2.16. The average Bonchev–Trinajstić information content (AvgIpc) is 2.28. The number of ether oxygens (including phenoxy) is 1. The summed E-state index contributed by atoms with van der Waals surface area (Å²) in [5.74, 6) is 0. The van der Waals surface area contributed by atoms with E-state index in [9.17, 15) is 0 Å². The number of hydrogen-bond donors (Lipinski definition) is 1. The summed E-state index contributed by atoms with van der Waals surface area (Å²) in [6.07, 6.45) is 3.63. The van der Waals surface area contributed by atoms with Crippen molar-refractivity contribution in [2.75, 3.05) is 39.9 Å². The Balaban J connectivity index is 2.01. The highest BCUT2D eigenvalue weighted by molar-refractivity contribution is 4.72. The van der Waals surface area contributed by atoms with Crippen molar-refractivity contribution in [3.8, 4) is 0 Å². The Morgan fingerprint density at radius 2 is 1.82 bits per heavy atom. The van der Waals surface area contributed by atoms with Gasteiger partial charge >= 0.3 is 0 Å². The zero-order valence-electron chi connectivity index (χ0n) is 12.1. The van der Waals surface area contributed by atoms with Gasteiger partial charge in [-0.3, -0.25) is 0 Å². The molecule has 1 aliphatic heterocycles. The molecule has 0 aromatic carbocycles. The standard InChI is InChI=1S/C14H30N2O/c1-14(2,3)7-8-15-9-10-16(4)13-5-11-17-12-6-13/h13,15H,5-12H2,1-4H3. The van der Waals surface area contributed by atoms with Crippen LogP contribution in [0.1, 0.15) is 40.0 Å². The van der Waals surface area contributed by atoms with Crippen LogP contribution in [0.4, 0.5) is 0 Å². The van der Waals surface area contributed by atoms with Crippen molar-refractivity contribution in [3.63, 3.8) is 0 Å². The minimum absolute atomic E-state index is 0.444. The van der Waals surface area contributed by atoms with Crippen LogP contribution in [0.15, 0.2) is 0 Å². The molecular weight excluding hydrogens is 212 g/mol. The van der Waals surface area contributed by atoms with Crippen LogP contribution >= 0.6 is 0 Å². The summed E-state index contributed by atoms with van der Waals surface area (Å²) in [6.45, 7) is 12.1. The molecule has 0 aromatic rings. The maximum Gasteiger partial charge on any atom is 0.0480 e. The Bertz CT molecular complexity index is 195. The van der Waals surface area contributed by atoms with Crippen LogP contribution in [-0.2, 0) is 4.74 Å². The Morgan fingerprint density at radius 1 is 1.18 bits per heavy atom. The van der Waals surface area contributed by atoms with Crippen molar-refractivity contribution < 1.29 is 4.74 Å². The predicted octanol–water partition coefficient (Wildman–Crippen LogP) is 2.12. The first-order valence-corrected chi connectivity index (χ1v) is 6.98. The van der Waals surface area contributed by atoms with E-state index in [4.69, 9.17) is 4.74 Å². The Labute approximate surface area is 107 Å². The van der Waals surface area contributed by atoms with E-state index in [0.29, 0.717) is 5.41 Å². The molecule has 0 amide bonds. The molecule has 0 aromatic heterocycles. The number of nitrogens with zero attached hydrogens (tertiary/aromatic N) is 1. The van der Waals surface area contributed by atoms with Crippen molar-refractivity contribution in [1.82, 2.24) is 10.2 Å². The molecule has 3 nitrogen and oxygen atoms in total. The van der Waals surface area contributed by atoms with E-state index < -0.39 is 0 Å². The van der Waals surface area contributed by atoms with E-state index in [0.717, 1.165) is 38.9 Å². The zero-order chi connectivity index (χ0) is 12.7. The second kappa shape index (κ2) is 7.34. The van der Waals surface area contributed by atoms with Gasteiger partial charge < -0.3 is 15.0 Å². The van der Waals surface area contributed by atoms with Gasteiger partial charge in [0, 0.05) is 32.3 Å². The van der Waals surface area contributed by atoms with E-state index >= 15 is 0 Å². The molecule has 0 unspecified atom stereocenters. The first-order chi connectivity index (χ1) is 7.99. The topological polar surface area (TPSA) is 24.5 Å². The molecule has 0 atom stereocenters. The first kappa shape index (κ1) is 14.9. The molecule has 1 rings (SSSR count). The predicted molar refractivity (Wildman–Crippen MR) is 73.4 cm³/mol. The van der Waals surface area contributed by atoms with Gasteiger partial charge in [0.1, 0.15) is 0 Å². The summed E-state index contributed by atoms with van der Waals surface area (Å²) in [6, 6.07) is 0.730. The minimum Gasteiger partial charge on any atom is -0.381 e. The van der Waals surface area contributed by atoms with Gasteiger partial charge in [-0.15, -0.1) is 0 Å². The van der Waals surface area contributed by atoms with Crippen molar-refractivity contribution >= 4 is 0 Å². The largest absolute Gasteiger partial charge is 0.381 e. The fourth-order valence-electron chi connectivity index (χ4n) is 2.15. The smallest absolute Gasteiger partial charge is 0.0480 e. The van der Waals surface area contributed by atoms with Crippen LogP contribution in [0, 0.1) is 5.41 Å². The fourth-order valence-corrected chi connectivity index (χ4v) is 2.15. The maximum absolute atomic E-state index is 5.39. The number of hydrogen-bond acceptors (Lipinski definition) is 3. The molecule has 17 heavy (non-hydrogen) atoms. The lowest BCUT2D eigenvalue weighted by Crippen LogP contribution is -2.40. The van der Waals surface area contributed by atoms with Gasteiger partial charge in [0.15, 0.2) is 0 Å². The molecular formula is C14H30N2O. The Hall–Kier alpha value is -0.120. The van der Waals surface area contributed by atoms with Crippen molar-refractivity contribution in [2.24, 2.45) is 5.41 Å². The highest BCUT2D eigenvalue weighted by Gasteiger charge is 2.17. The molecule has 1 heterocycles. The van der Waals surface area contributed by atoms with E-state index in [1.807, 2.05) is 0 Å². The van der Waals surface area contributed by atoms with Gasteiger partial charge in [0.2, 0.25) is 0 Å². The van der Waals surface area contributed by atoms with Gasteiger partial charge in [-0.1, -0.05) is 20.8 Å². The normalized spacial score (nSPS) is 18.9. The van der Waals surface area contributed by atoms with E-state index in [2.05, 4.69) is 38.0 Å². The van der Waals surface area contributed by atoms with Crippen molar-refractivity contribution in [1.29, 1.82) is 0 Å². The molecule has 0 radical (unpaired) electrons. The van der Waals surface area contributed by atoms with Gasteiger partial charge in [-0.25, -0.2) is 0 Å². The molecule has 3 heteroatoms. The number of nitrogens with one attached hydrogen (secondary N) is 1. The molecule has 0 bridgehead atoms. The number of likely N-dealkylation sites (N-methyl/N-ethyl adjacent to an activating group) is 1. The molecule has 1 aliphatic rings. The summed E-state index contributed by atoms with van der Waals surface area (Å²) in [7, 11) is 2.24. The van der Waals surface area contributed by atoms with Crippen LogP contribution in [0.3, 0.4) is 0 Å². The van der Waals surface area contributed by atoms with Gasteiger partial charge in [-0.2, -0.15) is 0 Å². The monoisotopic (exact) mass is 242 g/mol. The fraction of sp³-hybridized carbons (Fsp3) is 1.00. The summed E-state index contributed by atoms with van der Waals surface area (Å²) in [4.78, 5) is 2.48. The van der Waals surface area contributed by atoms with Gasteiger partial charge in [-0.05, 0) is 38.3 Å². The third-order valence-electron chi connectivity index (χ3n) is 3.51. The lowest BCUT2D eigenvalue weighted by Gasteiger charge is -2.31. The second-order valence-corrected chi connectivity index (χ2v) is 6.38. The molecule has 0 aliphatic carbocycles. The SMILES string of the molecule is CN(CCNCCC(C)(C)C)C1CCOCC1. The molecule has 0 saturated carbocycles. The van der Waals surface area contributed by atoms with Crippen LogP contribution in [0.5, 0.6) is 0 Å². The van der Waals surface area contributed by atoms with Crippen LogP contribution in [0.25, 0.3) is 0 Å². The lowest BCUT2D eigenvalue weighted by molar-refractivity contribution is 0.0434. The summed E-state index contributed by atoms with van der Waals surface area (Å²) in [5, 5.41) is 3.54. The molecule has 0 spiro atoms. The zero-order valence-corrected chi connectivity index (χ0v) is 12.1. The van der Waals surface area contributed by atoms with Crippen LogP contribution < -0.4 is 5.32 Å². The third kappa shape index (κ3) is 7.02. The van der Waals surface area contributed by atoms with E-state index in [1.165, 1.54) is 19.3 Å². The number of rotatable bonds is 6. The van der Waals surface area contributed by atoms with Gasteiger partial charge in [0.25, 0.3) is 0 Å². The van der Waals surface area contributed by atoms with Crippen LogP contribution in [0.2, 0.25) is 0 Å². The quantitative estimate of drug-likeness (QED) is 0.722. The summed E-state index contributed by atoms with van der Waals surface area (Å²) < 4.78 is 5.39. The minimum atomic E-state index is 0.444. The van der Waals surface area contributed by atoms with Gasteiger partial charge in [0.05, 0.1) is 0 Å². The molecule has 1 fully saturated rings. The maximum atomic E-state index is 5.39. The van der Waals surface area contributed by atoms with E-state index in [1.54, 1.807) is 0 Å². The Morgan fingerprint density at radius 3 is 2.41 bits per heavy atom. The van der Waals surface area contributed by atoms with Crippen LogP contribution in [-0.4, -0.2) is 50.8 Å². The Kier molecular flexibility index (Phi) is 6.45. The second-order valence-electron chi connectivity index (χ2n) is 6.38. The molecule has 1 N–H and O–H groups in total. The third-order valence-corrected chi connectivity index (χ3v) is 3.51. The van der Waals surface area contributed by atoms with E-state index in [-0.39, 0.29) is 0 Å². The average molecular weight is 242 g/mol. The molecule has 1 saturated heterocycles. The van der Waals surface area contributed by atoms with Crippen molar-refractivity contribution in [3.05, 3.63) is 0 Å².